The van der Waals surface area contributed by atoms with E-state index in [4.69, 9.17) is 5.73 Å². The van der Waals surface area contributed by atoms with E-state index in [-0.39, 0.29) is 12.2 Å². The van der Waals surface area contributed by atoms with Crippen LogP contribution in [0.5, 0.6) is 0 Å². The minimum Gasteiger partial charge on any atom is -0.380 e. The summed E-state index contributed by atoms with van der Waals surface area (Å²) in [6.45, 7) is 2.62. The molecule has 0 aliphatic heterocycles. The summed E-state index contributed by atoms with van der Waals surface area (Å²) in [5, 5.41) is 2.69. The molecule has 0 saturated heterocycles. The second kappa shape index (κ2) is 4.91. The van der Waals surface area contributed by atoms with Gasteiger partial charge < -0.3 is 11.1 Å². The van der Waals surface area contributed by atoms with Gasteiger partial charge in [0.25, 0.3) is 0 Å². The molecule has 0 fully saturated rings. The number of nitrogens with two attached hydrogens (primary N) is 1. The molecule has 4 heteroatoms. The van der Waals surface area contributed by atoms with Gasteiger partial charge in [-0.1, -0.05) is 6.92 Å². The van der Waals surface area contributed by atoms with Crippen LogP contribution in [0, 0.1) is 11.6 Å². The highest BCUT2D eigenvalue weighted by Crippen LogP contribution is 2.20. The first-order chi connectivity index (χ1) is 6.69. The maximum absolute atomic E-state index is 13.3. The van der Waals surface area contributed by atoms with Gasteiger partial charge in [-0.05, 0) is 24.1 Å². The number of halogens is 2. The number of hydrogen-bond acceptors (Lipinski definition) is 2. The molecule has 1 aromatic rings. The van der Waals surface area contributed by atoms with Gasteiger partial charge in [-0.15, -0.1) is 0 Å². The smallest absolute Gasteiger partial charge is 0.149 e. The zero-order chi connectivity index (χ0) is 10.6. The third kappa shape index (κ3) is 2.42. The van der Waals surface area contributed by atoms with Crippen LogP contribution >= 0.6 is 0 Å². The van der Waals surface area contributed by atoms with Crippen LogP contribution < -0.4 is 11.1 Å². The fourth-order valence-corrected chi connectivity index (χ4v) is 1.16. The van der Waals surface area contributed by atoms with E-state index in [9.17, 15) is 8.78 Å². The second-order valence-corrected chi connectivity index (χ2v) is 3.07. The molecule has 1 aromatic carbocycles. The molecule has 0 aromatic heterocycles. The third-order valence-electron chi connectivity index (χ3n) is 1.89. The summed E-state index contributed by atoms with van der Waals surface area (Å²) in [5.41, 5.74) is 5.68. The van der Waals surface area contributed by atoms with Gasteiger partial charge in [0.2, 0.25) is 0 Å². The van der Waals surface area contributed by atoms with Crippen molar-refractivity contribution in [1.29, 1.82) is 0 Å². The molecule has 0 atom stereocenters. The van der Waals surface area contributed by atoms with Gasteiger partial charge in [0.15, 0.2) is 0 Å². The number of rotatable bonds is 4. The van der Waals surface area contributed by atoms with Gasteiger partial charge in [0.1, 0.15) is 17.3 Å². The molecule has 14 heavy (non-hydrogen) atoms. The average Bonchev–Trinajstić information content (AvgIpc) is 2.16. The van der Waals surface area contributed by atoms with Gasteiger partial charge in [-0.25, -0.2) is 8.78 Å². The van der Waals surface area contributed by atoms with E-state index in [0.29, 0.717) is 12.1 Å². The molecule has 1 rings (SSSR count). The van der Waals surface area contributed by atoms with Crippen molar-refractivity contribution in [2.75, 3.05) is 11.9 Å². The Morgan fingerprint density at radius 2 is 1.86 bits per heavy atom. The summed E-state index contributed by atoms with van der Waals surface area (Å²) >= 11 is 0. The molecule has 0 spiro atoms. The Morgan fingerprint density at radius 3 is 2.29 bits per heavy atom. The van der Waals surface area contributed by atoms with Crippen molar-refractivity contribution in [2.45, 2.75) is 19.9 Å². The molecule has 0 heterocycles. The third-order valence-corrected chi connectivity index (χ3v) is 1.89. The Hall–Kier alpha value is -1.16. The SMILES string of the molecule is CCCNc1c(F)cc(CN)cc1F. The Labute approximate surface area is 82.1 Å². The molecule has 0 radical (unpaired) electrons. The van der Waals surface area contributed by atoms with Crippen molar-refractivity contribution in [1.82, 2.24) is 0 Å². The summed E-state index contributed by atoms with van der Waals surface area (Å²) in [5.74, 6) is -1.17. The molecule has 2 nitrogen and oxygen atoms in total. The van der Waals surface area contributed by atoms with E-state index in [2.05, 4.69) is 5.32 Å². The highest BCUT2D eigenvalue weighted by atomic mass is 19.1. The molecule has 0 aliphatic rings. The van der Waals surface area contributed by atoms with Crippen molar-refractivity contribution in [2.24, 2.45) is 5.73 Å². The van der Waals surface area contributed by atoms with E-state index in [0.717, 1.165) is 6.42 Å². The number of nitrogens with one attached hydrogen (secondary N) is 1. The van der Waals surface area contributed by atoms with Crippen LogP contribution in [0.4, 0.5) is 14.5 Å². The Bertz CT molecular complexity index is 290. The molecule has 0 saturated carbocycles. The van der Waals surface area contributed by atoms with Crippen LogP contribution in [0.25, 0.3) is 0 Å². The average molecular weight is 200 g/mol. The summed E-state index contributed by atoms with van der Waals surface area (Å²) in [7, 11) is 0. The largest absolute Gasteiger partial charge is 0.380 e. The van der Waals surface area contributed by atoms with Crippen molar-refractivity contribution in [3.63, 3.8) is 0 Å². The first-order valence-electron chi connectivity index (χ1n) is 4.61. The lowest BCUT2D eigenvalue weighted by Crippen LogP contribution is -2.06. The predicted molar refractivity (Wildman–Crippen MR) is 53.0 cm³/mol. The van der Waals surface area contributed by atoms with Gasteiger partial charge in [-0.3, -0.25) is 0 Å². The first-order valence-corrected chi connectivity index (χ1v) is 4.61. The fourth-order valence-electron chi connectivity index (χ4n) is 1.16. The number of anilines is 1. The van der Waals surface area contributed by atoms with E-state index in [1.165, 1.54) is 12.1 Å². The van der Waals surface area contributed by atoms with E-state index < -0.39 is 11.6 Å². The van der Waals surface area contributed by atoms with Gasteiger partial charge in [0, 0.05) is 13.1 Å². The standard InChI is InChI=1S/C10H14F2N2/c1-2-3-14-10-8(11)4-7(6-13)5-9(10)12/h4-5,14H,2-3,6,13H2,1H3. The normalized spacial score (nSPS) is 10.3. The molecule has 0 amide bonds. The minimum atomic E-state index is -0.584. The lowest BCUT2D eigenvalue weighted by atomic mass is 10.2. The summed E-state index contributed by atoms with van der Waals surface area (Å²) in [6.07, 6.45) is 0.817. The molecule has 78 valence electrons. The Kier molecular flexibility index (Phi) is 3.83. The summed E-state index contributed by atoms with van der Waals surface area (Å²) in [6, 6.07) is 2.50. The second-order valence-electron chi connectivity index (χ2n) is 3.07. The maximum Gasteiger partial charge on any atom is 0.149 e. The monoisotopic (exact) mass is 200 g/mol. The van der Waals surface area contributed by atoms with Crippen LogP contribution in [0.3, 0.4) is 0 Å². The Balaban J connectivity index is 2.93. The fraction of sp³-hybridized carbons (Fsp3) is 0.400. The summed E-state index contributed by atoms with van der Waals surface area (Å²) in [4.78, 5) is 0. The molecule has 3 N–H and O–H groups in total. The van der Waals surface area contributed by atoms with Crippen LogP contribution in [0.15, 0.2) is 12.1 Å². The van der Waals surface area contributed by atoms with E-state index >= 15 is 0 Å². The van der Waals surface area contributed by atoms with Crippen molar-refractivity contribution in [3.8, 4) is 0 Å². The van der Waals surface area contributed by atoms with Crippen molar-refractivity contribution in [3.05, 3.63) is 29.3 Å². The maximum atomic E-state index is 13.3. The topological polar surface area (TPSA) is 38.0 Å². The number of hydrogen-bond donors (Lipinski definition) is 2. The van der Waals surface area contributed by atoms with Gasteiger partial charge in [-0.2, -0.15) is 0 Å². The first kappa shape index (κ1) is 10.9. The van der Waals surface area contributed by atoms with Crippen LogP contribution in [0.1, 0.15) is 18.9 Å². The highest BCUT2D eigenvalue weighted by molar-refractivity contribution is 5.47. The lowest BCUT2D eigenvalue weighted by molar-refractivity contribution is 0.584. The molecule has 0 bridgehead atoms. The van der Waals surface area contributed by atoms with Gasteiger partial charge >= 0.3 is 0 Å². The minimum absolute atomic E-state index is 0.0657. The zero-order valence-corrected chi connectivity index (χ0v) is 8.11. The van der Waals surface area contributed by atoms with Gasteiger partial charge in [0.05, 0.1) is 0 Å². The summed E-state index contributed by atoms with van der Waals surface area (Å²) < 4.78 is 26.5. The van der Waals surface area contributed by atoms with Crippen molar-refractivity contribution < 1.29 is 8.78 Å². The lowest BCUT2D eigenvalue weighted by Gasteiger charge is -2.08. The highest BCUT2D eigenvalue weighted by Gasteiger charge is 2.09. The van der Waals surface area contributed by atoms with E-state index in [1.54, 1.807) is 0 Å². The van der Waals surface area contributed by atoms with Crippen LogP contribution in [-0.2, 0) is 6.54 Å². The van der Waals surface area contributed by atoms with Crippen molar-refractivity contribution >= 4 is 5.69 Å². The van der Waals surface area contributed by atoms with Crippen LogP contribution in [-0.4, -0.2) is 6.54 Å². The predicted octanol–water partition coefficient (Wildman–Crippen LogP) is 2.25. The molecule has 0 aliphatic carbocycles. The molecule has 0 unspecified atom stereocenters. The molecular weight excluding hydrogens is 186 g/mol. The van der Waals surface area contributed by atoms with E-state index in [1.807, 2.05) is 6.92 Å². The quantitative estimate of drug-likeness (QED) is 0.782. The zero-order valence-electron chi connectivity index (χ0n) is 8.11. The molecular formula is C10H14F2N2. The Morgan fingerprint density at radius 1 is 1.29 bits per heavy atom. The van der Waals surface area contributed by atoms with Crippen LogP contribution in [0.2, 0.25) is 0 Å². The number of benzene rings is 1.